The Labute approximate surface area is 147 Å². The molecule has 1 atom stereocenters. The van der Waals surface area contributed by atoms with Gasteiger partial charge in [0, 0.05) is 36.2 Å². The topological polar surface area (TPSA) is 6.48 Å². The molecule has 0 radical (unpaired) electrons. The number of halogens is 1. The van der Waals surface area contributed by atoms with Crippen LogP contribution in [0.15, 0.2) is 48.5 Å². The Balaban J connectivity index is 1.86. The molecule has 2 aromatic rings. The van der Waals surface area contributed by atoms with Crippen molar-refractivity contribution >= 4 is 21.6 Å². The van der Waals surface area contributed by atoms with Crippen LogP contribution in [0, 0.1) is 0 Å². The molecule has 4 rings (SSSR count). The van der Waals surface area contributed by atoms with Crippen LogP contribution >= 0.6 is 15.9 Å². The molecule has 0 aromatic heterocycles. The quantitative estimate of drug-likeness (QED) is 0.697. The lowest BCUT2D eigenvalue weighted by Crippen LogP contribution is -2.46. The maximum Gasteiger partial charge on any atom is 0.109 e. The van der Waals surface area contributed by atoms with Crippen LogP contribution in [0.25, 0.3) is 11.1 Å². The summed E-state index contributed by atoms with van der Waals surface area (Å²) in [5.41, 5.74) is 5.62. The Kier molecular flexibility index (Phi) is 4.41. The van der Waals surface area contributed by atoms with Gasteiger partial charge in [0.1, 0.15) is 6.17 Å². The minimum atomic E-state index is 0.374. The van der Waals surface area contributed by atoms with Crippen LogP contribution in [-0.4, -0.2) is 29.9 Å². The summed E-state index contributed by atoms with van der Waals surface area (Å²) in [6.45, 7) is 3.45. The molecule has 1 unspecified atom stereocenters. The van der Waals surface area contributed by atoms with E-state index in [2.05, 4.69) is 74.3 Å². The maximum absolute atomic E-state index is 3.67. The van der Waals surface area contributed by atoms with E-state index >= 15 is 0 Å². The smallest absolute Gasteiger partial charge is 0.109 e. The predicted octanol–water partition coefficient (Wildman–Crippen LogP) is 5.05. The van der Waals surface area contributed by atoms with Crippen LogP contribution < -0.4 is 4.90 Å². The van der Waals surface area contributed by atoms with Crippen LogP contribution in [-0.2, 0) is 0 Å². The van der Waals surface area contributed by atoms with Crippen molar-refractivity contribution in [1.29, 1.82) is 0 Å². The summed E-state index contributed by atoms with van der Waals surface area (Å²) < 4.78 is 0. The largest absolute Gasteiger partial charge is 0.350 e. The average Bonchev–Trinajstić information content (AvgIpc) is 2.63. The summed E-state index contributed by atoms with van der Waals surface area (Å²) in [6.07, 6.45) is 4.39. The minimum Gasteiger partial charge on any atom is -0.350 e. The minimum absolute atomic E-state index is 0.374. The molecular formula is C20H23BrN2. The lowest BCUT2D eigenvalue weighted by atomic mass is 9.90. The van der Waals surface area contributed by atoms with Gasteiger partial charge in [0.05, 0.1) is 0 Å². The predicted molar refractivity (Wildman–Crippen MR) is 101 cm³/mol. The second-order valence-corrected chi connectivity index (χ2v) is 7.25. The Morgan fingerprint density at radius 3 is 2.35 bits per heavy atom. The van der Waals surface area contributed by atoms with E-state index in [1.807, 2.05) is 0 Å². The van der Waals surface area contributed by atoms with Crippen LogP contribution in [0.2, 0.25) is 0 Å². The van der Waals surface area contributed by atoms with Gasteiger partial charge in [0.25, 0.3) is 0 Å². The van der Waals surface area contributed by atoms with Crippen molar-refractivity contribution in [3.63, 3.8) is 0 Å². The number of anilines is 1. The number of likely N-dealkylation sites (tertiary alicyclic amines) is 1. The first-order valence-electron chi connectivity index (χ1n) is 8.65. The fraction of sp³-hybridized carbons (Fsp3) is 0.400. The van der Waals surface area contributed by atoms with Gasteiger partial charge in [-0.15, -0.1) is 0 Å². The van der Waals surface area contributed by atoms with E-state index in [1.54, 1.807) is 0 Å². The Morgan fingerprint density at radius 2 is 1.57 bits per heavy atom. The SMILES string of the molecule is BrCCN1c2ccccc2-c2ccccc2C1N1CCCCC1. The van der Waals surface area contributed by atoms with Crippen molar-refractivity contribution in [2.45, 2.75) is 25.4 Å². The summed E-state index contributed by atoms with van der Waals surface area (Å²) in [7, 11) is 0. The monoisotopic (exact) mass is 370 g/mol. The van der Waals surface area contributed by atoms with Gasteiger partial charge < -0.3 is 4.90 Å². The summed E-state index contributed by atoms with van der Waals surface area (Å²) in [5.74, 6) is 0. The first-order chi connectivity index (χ1) is 11.4. The molecule has 0 saturated carbocycles. The van der Waals surface area contributed by atoms with E-state index in [4.69, 9.17) is 0 Å². The first-order valence-corrected chi connectivity index (χ1v) is 9.77. The third kappa shape index (κ3) is 2.70. The van der Waals surface area contributed by atoms with Crippen LogP contribution in [0.5, 0.6) is 0 Å². The van der Waals surface area contributed by atoms with Crippen molar-refractivity contribution in [3.8, 4) is 11.1 Å². The molecule has 2 aliphatic heterocycles. The van der Waals surface area contributed by atoms with Gasteiger partial charge in [0.2, 0.25) is 0 Å². The molecule has 1 fully saturated rings. The molecule has 120 valence electrons. The number of hydrogen-bond donors (Lipinski definition) is 0. The Bertz CT molecular complexity index is 679. The van der Waals surface area contributed by atoms with Gasteiger partial charge in [-0.05, 0) is 30.0 Å². The third-order valence-electron chi connectivity index (χ3n) is 5.10. The summed E-state index contributed by atoms with van der Waals surface area (Å²) in [5, 5.41) is 0.994. The van der Waals surface area contributed by atoms with Gasteiger partial charge >= 0.3 is 0 Å². The average molecular weight is 371 g/mol. The lowest BCUT2D eigenvalue weighted by Gasteiger charge is -2.46. The second-order valence-electron chi connectivity index (χ2n) is 6.46. The molecule has 3 heteroatoms. The summed E-state index contributed by atoms with van der Waals surface area (Å²) in [4.78, 5) is 5.28. The molecule has 2 nitrogen and oxygen atoms in total. The van der Waals surface area contributed by atoms with Crippen molar-refractivity contribution in [1.82, 2.24) is 4.90 Å². The summed E-state index contributed by atoms with van der Waals surface area (Å²) in [6, 6.07) is 17.8. The van der Waals surface area contributed by atoms with E-state index in [0.717, 1.165) is 11.9 Å². The van der Waals surface area contributed by atoms with Gasteiger partial charge in [-0.3, -0.25) is 4.90 Å². The van der Waals surface area contributed by atoms with Crippen molar-refractivity contribution < 1.29 is 0 Å². The van der Waals surface area contributed by atoms with Gasteiger partial charge in [-0.2, -0.15) is 0 Å². The van der Waals surface area contributed by atoms with E-state index in [9.17, 15) is 0 Å². The zero-order valence-electron chi connectivity index (χ0n) is 13.4. The molecule has 0 bridgehead atoms. The molecule has 0 N–H and O–H groups in total. The molecule has 23 heavy (non-hydrogen) atoms. The normalized spacial score (nSPS) is 20.9. The van der Waals surface area contributed by atoms with Gasteiger partial charge in [0.15, 0.2) is 0 Å². The van der Waals surface area contributed by atoms with Crippen LogP contribution in [0.4, 0.5) is 5.69 Å². The van der Waals surface area contributed by atoms with Crippen molar-refractivity contribution in [3.05, 3.63) is 54.1 Å². The zero-order valence-corrected chi connectivity index (χ0v) is 15.0. The Hall–Kier alpha value is -1.32. The highest BCUT2D eigenvalue weighted by Crippen LogP contribution is 2.46. The fourth-order valence-corrected chi connectivity index (χ4v) is 4.49. The van der Waals surface area contributed by atoms with Gasteiger partial charge in [-0.25, -0.2) is 0 Å². The maximum atomic E-state index is 3.67. The number of benzene rings is 2. The summed E-state index contributed by atoms with van der Waals surface area (Å²) >= 11 is 3.67. The Morgan fingerprint density at radius 1 is 0.870 bits per heavy atom. The number of fused-ring (bicyclic) bond motifs is 3. The number of rotatable bonds is 3. The van der Waals surface area contributed by atoms with Crippen molar-refractivity contribution in [2.24, 2.45) is 0 Å². The molecule has 2 aliphatic rings. The molecule has 0 spiro atoms. The van der Waals surface area contributed by atoms with Gasteiger partial charge in [-0.1, -0.05) is 64.8 Å². The third-order valence-corrected chi connectivity index (χ3v) is 5.45. The highest BCUT2D eigenvalue weighted by atomic mass is 79.9. The standard InChI is InChI=1S/C20H23BrN2/c21-12-15-23-19-11-5-4-9-17(19)16-8-2-3-10-18(16)20(23)22-13-6-1-7-14-22/h2-5,8-11,20H,1,6-7,12-15H2. The zero-order chi connectivity index (χ0) is 15.6. The van der Waals surface area contributed by atoms with E-state index in [1.165, 1.54) is 54.7 Å². The fourth-order valence-electron chi connectivity index (χ4n) is 4.11. The number of alkyl halides is 1. The molecule has 2 heterocycles. The number of nitrogens with zero attached hydrogens (tertiary/aromatic N) is 2. The highest BCUT2D eigenvalue weighted by molar-refractivity contribution is 9.09. The van der Waals surface area contributed by atoms with E-state index in [-0.39, 0.29) is 0 Å². The molecule has 0 aliphatic carbocycles. The molecule has 2 aromatic carbocycles. The molecular weight excluding hydrogens is 348 g/mol. The van der Waals surface area contributed by atoms with E-state index < -0.39 is 0 Å². The number of hydrogen-bond acceptors (Lipinski definition) is 2. The van der Waals surface area contributed by atoms with Crippen molar-refractivity contribution in [2.75, 3.05) is 29.9 Å². The van der Waals surface area contributed by atoms with E-state index in [0.29, 0.717) is 6.17 Å². The second kappa shape index (κ2) is 6.66. The first kappa shape index (κ1) is 15.2. The molecule has 0 amide bonds. The number of para-hydroxylation sites is 1. The van der Waals surface area contributed by atoms with Crippen LogP contribution in [0.3, 0.4) is 0 Å². The van der Waals surface area contributed by atoms with Crippen LogP contribution in [0.1, 0.15) is 31.0 Å². The number of piperidine rings is 1. The highest BCUT2D eigenvalue weighted by Gasteiger charge is 2.34. The lowest BCUT2D eigenvalue weighted by molar-refractivity contribution is 0.158. The molecule has 1 saturated heterocycles.